The zero-order valence-corrected chi connectivity index (χ0v) is 11.4. The summed E-state index contributed by atoms with van der Waals surface area (Å²) in [5, 5.41) is 4.48. The lowest BCUT2D eigenvalue weighted by Gasteiger charge is -2.11. The highest BCUT2D eigenvalue weighted by molar-refractivity contribution is 6.31. The van der Waals surface area contributed by atoms with Crippen LogP contribution in [0.2, 0.25) is 5.15 Å². The van der Waals surface area contributed by atoms with Gasteiger partial charge in [0.25, 0.3) is 0 Å². The van der Waals surface area contributed by atoms with Crippen LogP contribution in [-0.4, -0.2) is 22.1 Å². The van der Waals surface area contributed by atoms with Gasteiger partial charge in [0.05, 0.1) is 18.3 Å². The highest BCUT2D eigenvalue weighted by Crippen LogP contribution is 2.32. The summed E-state index contributed by atoms with van der Waals surface area (Å²) in [5.41, 5.74) is 1.68. The van der Waals surface area contributed by atoms with Gasteiger partial charge in [0.2, 0.25) is 0 Å². The van der Waals surface area contributed by atoms with Gasteiger partial charge < -0.3 is 10.1 Å². The molecule has 0 saturated heterocycles. The van der Waals surface area contributed by atoms with Gasteiger partial charge in [0, 0.05) is 11.6 Å². The van der Waals surface area contributed by atoms with Crippen molar-refractivity contribution in [2.45, 2.75) is 0 Å². The molecule has 100 valence electrons. The van der Waals surface area contributed by atoms with E-state index in [2.05, 4.69) is 20.3 Å². The topological polar surface area (TPSA) is 59.9 Å². The first kappa shape index (κ1) is 12.6. The second-order valence-corrected chi connectivity index (χ2v) is 4.41. The van der Waals surface area contributed by atoms with Crippen LogP contribution < -0.4 is 10.1 Å². The lowest BCUT2D eigenvalue weighted by molar-refractivity contribution is 0.413. The molecule has 20 heavy (non-hydrogen) atoms. The van der Waals surface area contributed by atoms with Crippen molar-refractivity contribution in [3.8, 4) is 5.75 Å². The first-order chi connectivity index (χ1) is 9.79. The van der Waals surface area contributed by atoms with Crippen LogP contribution in [0.4, 0.5) is 11.5 Å². The number of para-hydroxylation sites is 1. The smallest absolute Gasteiger partial charge is 0.199 e. The van der Waals surface area contributed by atoms with Crippen molar-refractivity contribution in [3.63, 3.8) is 0 Å². The van der Waals surface area contributed by atoms with E-state index >= 15 is 0 Å². The van der Waals surface area contributed by atoms with Crippen molar-refractivity contribution < 1.29 is 4.74 Å². The Morgan fingerprint density at radius 3 is 2.80 bits per heavy atom. The van der Waals surface area contributed by atoms with Gasteiger partial charge in [-0.3, -0.25) is 4.98 Å². The number of nitrogens with one attached hydrogen (secondary N) is 1. The Labute approximate surface area is 120 Å². The molecule has 2 aromatic heterocycles. The summed E-state index contributed by atoms with van der Waals surface area (Å²) in [6.07, 6.45) is 3.13. The van der Waals surface area contributed by atoms with E-state index in [1.165, 1.54) is 13.4 Å². The molecular weight excluding hydrogens is 276 g/mol. The highest BCUT2D eigenvalue weighted by Gasteiger charge is 2.11. The number of methoxy groups -OCH3 is 1. The predicted molar refractivity (Wildman–Crippen MR) is 78.6 cm³/mol. The Balaban J connectivity index is 2.08. The van der Waals surface area contributed by atoms with Crippen molar-refractivity contribution in [3.05, 3.63) is 48.0 Å². The van der Waals surface area contributed by atoms with Gasteiger partial charge in [-0.25, -0.2) is 9.97 Å². The molecule has 6 heteroatoms. The van der Waals surface area contributed by atoms with Gasteiger partial charge in [-0.05, 0) is 12.1 Å². The zero-order valence-electron chi connectivity index (χ0n) is 10.7. The van der Waals surface area contributed by atoms with Crippen molar-refractivity contribution in [1.29, 1.82) is 0 Å². The molecule has 0 fully saturated rings. The van der Waals surface area contributed by atoms with Crippen LogP contribution in [0.5, 0.6) is 5.75 Å². The first-order valence-electron chi connectivity index (χ1n) is 5.95. The number of hydrogen-bond donors (Lipinski definition) is 1. The summed E-state index contributed by atoms with van der Waals surface area (Å²) < 4.78 is 5.22. The maximum Gasteiger partial charge on any atom is 0.199 e. The molecule has 0 saturated carbocycles. The minimum Gasteiger partial charge on any atom is -0.490 e. The molecule has 1 aromatic carbocycles. The molecule has 0 bridgehead atoms. The lowest BCUT2D eigenvalue weighted by Crippen LogP contribution is -2.00. The van der Waals surface area contributed by atoms with E-state index in [4.69, 9.17) is 16.3 Å². The van der Waals surface area contributed by atoms with E-state index in [-0.39, 0.29) is 5.15 Å². The monoisotopic (exact) mass is 286 g/mol. The number of nitrogens with zero attached hydrogens (tertiary/aromatic N) is 3. The minimum absolute atomic E-state index is 0.262. The third-order valence-corrected chi connectivity index (χ3v) is 3.12. The van der Waals surface area contributed by atoms with Crippen LogP contribution in [0, 0.1) is 0 Å². The van der Waals surface area contributed by atoms with Gasteiger partial charge in [-0.1, -0.05) is 29.8 Å². The van der Waals surface area contributed by atoms with E-state index in [1.54, 1.807) is 6.20 Å². The van der Waals surface area contributed by atoms with Gasteiger partial charge in [-0.2, -0.15) is 0 Å². The molecule has 0 radical (unpaired) electrons. The summed E-state index contributed by atoms with van der Waals surface area (Å²) in [7, 11) is 1.52. The van der Waals surface area contributed by atoms with Gasteiger partial charge >= 0.3 is 0 Å². The Morgan fingerprint density at radius 2 is 1.95 bits per heavy atom. The Hall–Kier alpha value is -2.40. The zero-order chi connectivity index (χ0) is 13.9. The third-order valence-electron chi connectivity index (χ3n) is 2.85. The summed E-state index contributed by atoms with van der Waals surface area (Å²) in [6, 6.07) is 9.76. The minimum atomic E-state index is 0.262. The van der Waals surface area contributed by atoms with Crippen LogP contribution in [-0.2, 0) is 0 Å². The fourth-order valence-corrected chi connectivity index (χ4v) is 2.17. The predicted octanol–water partition coefficient (Wildman–Crippen LogP) is 3.43. The Morgan fingerprint density at radius 1 is 1.10 bits per heavy atom. The van der Waals surface area contributed by atoms with Crippen molar-refractivity contribution in [2.75, 3.05) is 12.4 Å². The largest absolute Gasteiger partial charge is 0.490 e. The van der Waals surface area contributed by atoms with Crippen molar-refractivity contribution >= 4 is 34.0 Å². The molecule has 3 aromatic rings. The highest BCUT2D eigenvalue weighted by atomic mass is 35.5. The van der Waals surface area contributed by atoms with Crippen molar-refractivity contribution in [1.82, 2.24) is 15.0 Å². The second kappa shape index (κ2) is 5.30. The molecule has 1 N–H and O–H groups in total. The summed E-state index contributed by atoms with van der Waals surface area (Å²) in [6.45, 7) is 0. The molecule has 0 aliphatic heterocycles. The molecule has 0 unspecified atom stereocenters. The molecule has 0 amide bonds. The molecular formula is C14H11ClN4O. The molecule has 0 aliphatic rings. The molecule has 0 aliphatic carbocycles. The molecule has 0 atom stereocenters. The Bertz CT molecular complexity index is 758. The van der Waals surface area contributed by atoms with E-state index < -0.39 is 0 Å². The number of anilines is 2. The molecule has 5 nitrogen and oxygen atoms in total. The number of halogens is 1. The summed E-state index contributed by atoms with van der Waals surface area (Å²) in [4.78, 5) is 12.4. The average molecular weight is 287 g/mol. The Kier molecular flexibility index (Phi) is 3.35. The van der Waals surface area contributed by atoms with E-state index in [1.807, 2.05) is 30.3 Å². The maximum atomic E-state index is 5.98. The third kappa shape index (κ3) is 2.23. The number of benzene rings is 1. The number of ether oxygens (including phenoxy) is 1. The van der Waals surface area contributed by atoms with Gasteiger partial charge in [-0.15, -0.1) is 0 Å². The average Bonchev–Trinajstić information content (AvgIpc) is 2.48. The quantitative estimate of drug-likeness (QED) is 0.748. The van der Waals surface area contributed by atoms with E-state index in [0.29, 0.717) is 11.6 Å². The standard InChI is InChI=1S/C14H11ClN4O/c1-20-12-13(15)17-8-18-14(12)19-10-6-2-4-9-5-3-7-16-11(9)10/h2-8H,1H3,(H,17,18,19). The second-order valence-electron chi connectivity index (χ2n) is 4.05. The van der Waals surface area contributed by atoms with Crippen LogP contribution in [0.3, 0.4) is 0 Å². The number of pyridine rings is 1. The molecule has 2 heterocycles. The summed E-state index contributed by atoms with van der Waals surface area (Å²) >= 11 is 5.98. The normalized spacial score (nSPS) is 10.5. The van der Waals surface area contributed by atoms with Crippen LogP contribution >= 0.6 is 11.6 Å². The van der Waals surface area contributed by atoms with Crippen molar-refractivity contribution in [2.24, 2.45) is 0 Å². The number of rotatable bonds is 3. The van der Waals surface area contributed by atoms with E-state index in [9.17, 15) is 0 Å². The first-order valence-corrected chi connectivity index (χ1v) is 6.32. The maximum absolute atomic E-state index is 5.98. The number of aromatic nitrogens is 3. The number of fused-ring (bicyclic) bond motifs is 1. The SMILES string of the molecule is COc1c(Cl)ncnc1Nc1cccc2cccnc12. The van der Waals surface area contributed by atoms with Gasteiger partial charge in [0.15, 0.2) is 16.7 Å². The fraction of sp³-hybridized carbons (Fsp3) is 0.0714. The van der Waals surface area contributed by atoms with Gasteiger partial charge in [0.1, 0.15) is 6.33 Å². The van der Waals surface area contributed by atoms with Crippen LogP contribution in [0.15, 0.2) is 42.9 Å². The molecule has 3 rings (SSSR count). The van der Waals surface area contributed by atoms with E-state index in [0.717, 1.165) is 16.6 Å². The lowest BCUT2D eigenvalue weighted by atomic mass is 10.2. The summed E-state index contributed by atoms with van der Waals surface area (Å²) in [5.74, 6) is 0.910. The molecule has 0 spiro atoms. The van der Waals surface area contributed by atoms with Crippen LogP contribution in [0.25, 0.3) is 10.9 Å². The number of hydrogen-bond acceptors (Lipinski definition) is 5. The fourth-order valence-electron chi connectivity index (χ4n) is 1.95. The van der Waals surface area contributed by atoms with Crippen LogP contribution in [0.1, 0.15) is 0 Å².